The molecule has 0 saturated carbocycles. The summed E-state index contributed by atoms with van der Waals surface area (Å²) in [7, 11) is 0. The first-order chi connectivity index (χ1) is 19.1. The van der Waals surface area contributed by atoms with Crippen LogP contribution in [-0.4, -0.2) is 71.9 Å². The van der Waals surface area contributed by atoms with E-state index in [1.165, 1.54) is 0 Å². The quantitative estimate of drug-likeness (QED) is 0.242. The molecule has 1 aromatic carbocycles. The molecule has 40 heavy (non-hydrogen) atoms. The van der Waals surface area contributed by atoms with Crippen molar-refractivity contribution in [1.29, 1.82) is 0 Å². The monoisotopic (exact) mass is 553 g/mol. The number of imide groups is 1. The zero-order valence-corrected chi connectivity index (χ0v) is 23.0. The van der Waals surface area contributed by atoms with E-state index in [0.717, 1.165) is 21.9 Å². The summed E-state index contributed by atoms with van der Waals surface area (Å²) in [5, 5.41) is 9.66. The molecule has 3 heterocycles. The van der Waals surface area contributed by atoms with E-state index in [-0.39, 0.29) is 44.0 Å². The molecule has 1 atom stereocenters. The van der Waals surface area contributed by atoms with Crippen LogP contribution < -0.4 is 16.0 Å². The molecule has 4 amide bonds. The lowest BCUT2D eigenvalue weighted by molar-refractivity contribution is -0.135. The van der Waals surface area contributed by atoms with E-state index in [9.17, 15) is 19.2 Å². The smallest absolute Gasteiger partial charge is 0.407 e. The standard InChI is InChI=1S/C28H35N5O7/c1-28(2,3)40-27(37)30-11-12-38-13-14-39-17-24(35)31-16-18-6-7-21-20(15-18)19-5-4-10-29-25(19)33(21)22-8-9-23(34)32-26(22)36/h4-7,10,15,22H,8-9,11-14,16-17H2,1-3H3,(H,30,37)(H,31,35)(H,32,34,36). The van der Waals surface area contributed by atoms with Gasteiger partial charge in [-0.25, -0.2) is 9.78 Å². The molecular formula is C28H35N5O7. The first-order valence-corrected chi connectivity index (χ1v) is 13.2. The Balaban J connectivity index is 1.24. The van der Waals surface area contributed by atoms with Crippen LogP contribution >= 0.6 is 0 Å². The fourth-order valence-corrected chi connectivity index (χ4v) is 4.45. The average Bonchev–Trinajstić information content (AvgIpc) is 3.21. The van der Waals surface area contributed by atoms with Crippen LogP contribution in [0, 0.1) is 0 Å². The first-order valence-electron chi connectivity index (χ1n) is 13.2. The van der Waals surface area contributed by atoms with Gasteiger partial charge in [0.05, 0.1) is 25.3 Å². The second-order valence-corrected chi connectivity index (χ2v) is 10.4. The summed E-state index contributed by atoms with van der Waals surface area (Å²) in [4.78, 5) is 52.6. The fourth-order valence-electron chi connectivity index (χ4n) is 4.45. The Labute approximate surface area is 231 Å². The van der Waals surface area contributed by atoms with E-state index in [0.29, 0.717) is 31.8 Å². The number of hydrogen-bond acceptors (Lipinski definition) is 8. The van der Waals surface area contributed by atoms with E-state index in [4.69, 9.17) is 14.2 Å². The number of fused-ring (bicyclic) bond motifs is 3. The van der Waals surface area contributed by atoms with Crippen molar-refractivity contribution in [2.75, 3.05) is 33.0 Å². The fraction of sp³-hybridized carbons (Fsp3) is 0.464. The van der Waals surface area contributed by atoms with Gasteiger partial charge in [-0.1, -0.05) is 6.07 Å². The normalized spacial score (nSPS) is 15.7. The van der Waals surface area contributed by atoms with Gasteiger partial charge in [-0.05, 0) is 57.0 Å². The Morgan fingerprint density at radius 3 is 2.65 bits per heavy atom. The summed E-state index contributed by atoms with van der Waals surface area (Å²) in [5.41, 5.74) is 1.84. The summed E-state index contributed by atoms with van der Waals surface area (Å²) in [6.07, 6.45) is 1.86. The second kappa shape index (κ2) is 12.9. The maximum atomic E-state index is 12.6. The third-order valence-corrected chi connectivity index (χ3v) is 6.16. The van der Waals surface area contributed by atoms with Gasteiger partial charge >= 0.3 is 6.09 Å². The largest absolute Gasteiger partial charge is 0.444 e. The van der Waals surface area contributed by atoms with Crippen molar-refractivity contribution in [3.8, 4) is 0 Å². The van der Waals surface area contributed by atoms with E-state index in [2.05, 4.69) is 20.9 Å². The van der Waals surface area contributed by atoms with Crippen LogP contribution in [0.25, 0.3) is 21.9 Å². The summed E-state index contributed by atoms with van der Waals surface area (Å²) < 4.78 is 17.8. The van der Waals surface area contributed by atoms with E-state index < -0.39 is 17.7 Å². The minimum atomic E-state index is -0.554. The predicted molar refractivity (Wildman–Crippen MR) is 146 cm³/mol. The van der Waals surface area contributed by atoms with Crippen molar-refractivity contribution < 1.29 is 33.4 Å². The average molecular weight is 554 g/mol. The van der Waals surface area contributed by atoms with Crippen LogP contribution in [0.2, 0.25) is 0 Å². The minimum absolute atomic E-state index is 0.111. The van der Waals surface area contributed by atoms with Gasteiger partial charge in [0, 0.05) is 36.5 Å². The molecule has 12 nitrogen and oxygen atoms in total. The number of benzene rings is 1. The number of aromatic nitrogens is 2. The molecule has 214 valence electrons. The van der Waals surface area contributed by atoms with Crippen molar-refractivity contribution in [1.82, 2.24) is 25.5 Å². The molecule has 0 bridgehead atoms. The molecule has 1 unspecified atom stereocenters. The number of carbonyl (C=O) groups is 4. The molecule has 4 rings (SSSR count). The molecule has 1 saturated heterocycles. The maximum absolute atomic E-state index is 12.6. The van der Waals surface area contributed by atoms with Gasteiger partial charge in [0.1, 0.15) is 23.9 Å². The number of carbonyl (C=O) groups excluding carboxylic acids is 4. The number of rotatable bonds is 11. The lowest BCUT2D eigenvalue weighted by Gasteiger charge is -2.23. The molecule has 1 aliphatic heterocycles. The highest BCUT2D eigenvalue weighted by molar-refractivity contribution is 6.09. The molecule has 0 aliphatic carbocycles. The van der Waals surface area contributed by atoms with Crippen LogP contribution in [0.5, 0.6) is 0 Å². The van der Waals surface area contributed by atoms with E-state index >= 15 is 0 Å². The first kappa shape index (κ1) is 29.0. The van der Waals surface area contributed by atoms with Crippen LogP contribution in [0.1, 0.15) is 45.2 Å². The van der Waals surface area contributed by atoms with Gasteiger partial charge in [0.2, 0.25) is 17.7 Å². The Bertz CT molecular complexity index is 1390. The predicted octanol–water partition coefficient (Wildman–Crippen LogP) is 2.34. The number of piperidine rings is 1. The highest BCUT2D eigenvalue weighted by Gasteiger charge is 2.30. The molecule has 12 heteroatoms. The number of ether oxygens (including phenoxy) is 3. The summed E-state index contributed by atoms with van der Waals surface area (Å²) in [6, 6.07) is 9.03. The third kappa shape index (κ3) is 7.54. The number of nitrogens with zero attached hydrogens (tertiary/aromatic N) is 2. The van der Waals surface area contributed by atoms with Crippen LogP contribution in [0.3, 0.4) is 0 Å². The van der Waals surface area contributed by atoms with E-state index in [1.807, 2.05) is 34.9 Å². The summed E-state index contributed by atoms with van der Waals surface area (Å²) >= 11 is 0. The molecule has 0 radical (unpaired) electrons. The summed E-state index contributed by atoms with van der Waals surface area (Å²) in [6.45, 7) is 6.68. The number of nitrogens with one attached hydrogen (secondary N) is 3. The van der Waals surface area contributed by atoms with Gasteiger partial charge in [0.25, 0.3) is 0 Å². The maximum Gasteiger partial charge on any atom is 0.407 e. The lowest BCUT2D eigenvalue weighted by Crippen LogP contribution is -2.41. The van der Waals surface area contributed by atoms with Crippen molar-refractivity contribution >= 4 is 45.8 Å². The second-order valence-electron chi connectivity index (χ2n) is 10.4. The third-order valence-electron chi connectivity index (χ3n) is 6.16. The number of alkyl carbamates (subject to hydrolysis) is 1. The molecule has 1 aliphatic rings. The number of amides is 4. The molecular weight excluding hydrogens is 518 g/mol. The molecule has 1 fully saturated rings. The molecule has 3 aromatic rings. The van der Waals surface area contributed by atoms with Crippen molar-refractivity contribution in [2.45, 2.75) is 51.8 Å². The number of hydrogen-bond donors (Lipinski definition) is 3. The highest BCUT2D eigenvalue weighted by Crippen LogP contribution is 2.33. The topological polar surface area (TPSA) is 150 Å². The minimum Gasteiger partial charge on any atom is -0.444 e. The van der Waals surface area contributed by atoms with Crippen LogP contribution in [-0.2, 0) is 35.1 Å². The van der Waals surface area contributed by atoms with Gasteiger partial charge in [-0.15, -0.1) is 0 Å². The van der Waals surface area contributed by atoms with Gasteiger partial charge in [-0.3, -0.25) is 19.7 Å². The van der Waals surface area contributed by atoms with Crippen LogP contribution in [0.4, 0.5) is 4.79 Å². The zero-order chi connectivity index (χ0) is 28.7. The number of pyridine rings is 1. The lowest BCUT2D eigenvalue weighted by atomic mass is 10.1. The highest BCUT2D eigenvalue weighted by atomic mass is 16.6. The van der Waals surface area contributed by atoms with Crippen LogP contribution in [0.15, 0.2) is 36.5 Å². The molecule has 2 aromatic heterocycles. The Hall–Kier alpha value is -4.03. The SMILES string of the molecule is CC(C)(C)OC(=O)NCCOCCOCC(=O)NCc1ccc2c(c1)c1cccnc1n2C1CCC(=O)NC1=O. The van der Waals surface area contributed by atoms with Crippen molar-refractivity contribution in [2.24, 2.45) is 0 Å². The Kier molecular flexibility index (Phi) is 9.33. The zero-order valence-electron chi connectivity index (χ0n) is 23.0. The van der Waals surface area contributed by atoms with E-state index in [1.54, 1.807) is 27.0 Å². The molecule has 3 N–H and O–H groups in total. The van der Waals surface area contributed by atoms with Gasteiger partial charge < -0.3 is 29.4 Å². The van der Waals surface area contributed by atoms with Gasteiger partial charge in [-0.2, -0.15) is 0 Å². The summed E-state index contributed by atoms with van der Waals surface area (Å²) in [5.74, 6) is -0.864. The molecule has 0 spiro atoms. The Morgan fingerprint density at radius 1 is 1.07 bits per heavy atom. The Morgan fingerprint density at radius 2 is 1.88 bits per heavy atom. The van der Waals surface area contributed by atoms with Crippen molar-refractivity contribution in [3.63, 3.8) is 0 Å². The van der Waals surface area contributed by atoms with Crippen molar-refractivity contribution in [3.05, 3.63) is 42.1 Å². The van der Waals surface area contributed by atoms with Gasteiger partial charge in [0.15, 0.2) is 0 Å².